The fraction of sp³-hybridized carbons (Fsp3) is 0.619. The molecule has 0 spiro atoms. The van der Waals surface area contributed by atoms with Gasteiger partial charge in [-0.3, -0.25) is 9.69 Å². The molecule has 1 atom stereocenters. The number of aliphatic imine (C=N–C) groups is 1. The van der Waals surface area contributed by atoms with E-state index in [2.05, 4.69) is 39.7 Å². The van der Waals surface area contributed by atoms with Crippen molar-refractivity contribution in [2.24, 2.45) is 4.99 Å². The van der Waals surface area contributed by atoms with E-state index in [9.17, 15) is 4.79 Å². The molecule has 1 heterocycles. The molecule has 0 aliphatic carbocycles. The molecule has 3 N–H and O–H groups in total. The minimum atomic E-state index is -0.0317. The van der Waals surface area contributed by atoms with E-state index in [4.69, 9.17) is 4.74 Å². The molecule has 1 aromatic rings. The minimum Gasteiger partial charge on any atom is -0.379 e. The van der Waals surface area contributed by atoms with E-state index in [1.807, 2.05) is 31.2 Å². The minimum absolute atomic E-state index is 0. The predicted octanol–water partition coefficient (Wildman–Crippen LogP) is 2.22. The highest BCUT2D eigenvalue weighted by Crippen LogP contribution is 2.07. The van der Waals surface area contributed by atoms with Gasteiger partial charge in [-0.1, -0.05) is 19.1 Å². The first-order valence-electron chi connectivity index (χ1n) is 10.3. The summed E-state index contributed by atoms with van der Waals surface area (Å²) in [6, 6.07) is 7.84. The summed E-state index contributed by atoms with van der Waals surface area (Å²) < 4.78 is 5.38. The van der Waals surface area contributed by atoms with Crippen LogP contribution in [0.4, 0.5) is 0 Å². The summed E-state index contributed by atoms with van der Waals surface area (Å²) >= 11 is 0. The van der Waals surface area contributed by atoms with Gasteiger partial charge in [-0.05, 0) is 38.0 Å². The van der Waals surface area contributed by atoms with Crippen molar-refractivity contribution in [1.29, 1.82) is 0 Å². The summed E-state index contributed by atoms with van der Waals surface area (Å²) in [4.78, 5) is 19.4. The Morgan fingerprint density at radius 3 is 2.69 bits per heavy atom. The van der Waals surface area contributed by atoms with Gasteiger partial charge < -0.3 is 20.7 Å². The van der Waals surface area contributed by atoms with E-state index in [1.165, 1.54) is 0 Å². The molecule has 1 saturated heterocycles. The maximum Gasteiger partial charge on any atom is 0.251 e. The average Bonchev–Trinajstić information content (AvgIpc) is 2.73. The number of hydrogen-bond donors (Lipinski definition) is 3. The van der Waals surface area contributed by atoms with Crippen LogP contribution < -0.4 is 16.0 Å². The maximum absolute atomic E-state index is 12.3. The van der Waals surface area contributed by atoms with Gasteiger partial charge in [0.25, 0.3) is 5.91 Å². The number of hydrogen-bond acceptors (Lipinski definition) is 4. The lowest BCUT2D eigenvalue weighted by molar-refractivity contribution is 0.0389. The summed E-state index contributed by atoms with van der Waals surface area (Å²) in [6.45, 7) is 12.9. The van der Waals surface area contributed by atoms with Crippen molar-refractivity contribution in [2.45, 2.75) is 39.8 Å². The second kappa shape index (κ2) is 14.6. The lowest BCUT2D eigenvalue weighted by Gasteiger charge is -2.26. The van der Waals surface area contributed by atoms with Gasteiger partial charge in [0.1, 0.15) is 0 Å². The van der Waals surface area contributed by atoms with Crippen LogP contribution in [0, 0.1) is 0 Å². The zero-order valence-corrected chi connectivity index (χ0v) is 20.2. The van der Waals surface area contributed by atoms with Crippen molar-refractivity contribution >= 4 is 35.8 Å². The molecule has 1 aliphatic rings. The van der Waals surface area contributed by atoms with Gasteiger partial charge in [0, 0.05) is 44.3 Å². The Bertz CT molecular complexity index is 635. The van der Waals surface area contributed by atoms with Crippen molar-refractivity contribution in [1.82, 2.24) is 20.9 Å². The molecular formula is C21H36IN5O2. The average molecular weight is 517 g/mol. The molecule has 1 unspecified atom stereocenters. The van der Waals surface area contributed by atoms with E-state index in [0.717, 1.165) is 63.9 Å². The van der Waals surface area contributed by atoms with Gasteiger partial charge in [0.15, 0.2) is 5.96 Å². The second-order valence-electron chi connectivity index (χ2n) is 7.06. The van der Waals surface area contributed by atoms with Crippen molar-refractivity contribution < 1.29 is 9.53 Å². The molecular weight excluding hydrogens is 481 g/mol. The van der Waals surface area contributed by atoms with Gasteiger partial charge in [-0.25, -0.2) is 4.99 Å². The van der Waals surface area contributed by atoms with Crippen LogP contribution in [-0.4, -0.2) is 68.7 Å². The molecule has 1 amide bonds. The maximum atomic E-state index is 12.3. The summed E-state index contributed by atoms with van der Waals surface area (Å²) in [6.07, 6.45) is 0.915. The summed E-state index contributed by atoms with van der Waals surface area (Å²) in [5.41, 5.74) is 1.69. The van der Waals surface area contributed by atoms with Crippen LogP contribution in [0.3, 0.4) is 0 Å². The summed E-state index contributed by atoms with van der Waals surface area (Å²) in [5, 5.41) is 9.67. The third-order valence-corrected chi connectivity index (χ3v) is 4.77. The predicted molar refractivity (Wildman–Crippen MR) is 129 cm³/mol. The number of rotatable bonds is 9. The standard InChI is InChI=1S/C21H35N5O2.HI/c1-4-17(3)25-20(27)19-8-6-7-18(15-19)16-24-21(22-5-2)23-9-10-26-11-13-28-14-12-26;/h6-8,15,17H,4-5,9-14,16H2,1-3H3,(H,25,27)(H2,22,23,24);1H. The third kappa shape index (κ3) is 9.77. The molecule has 29 heavy (non-hydrogen) atoms. The van der Waals surface area contributed by atoms with Crippen LogP contribution in [0.2, 0.25) is 0 Å². The number of guanidine groups is 1. The SMILES string of the molecule is CCNC(=NCc1cccc(C(=O)NC(C)CC)c1)NCCN1CCOCC1.I. The molecule has 0 aromatic heterocycles. The van der Waals surface area contributed by atoms with Crippen molar-refractivity contribution in [3.05, 3.63) is 35.4 Å². The van der Waals surface area contributed by atoms with Crippen molar-refractivity contribution in [3.8, 4) is 0 Å². The molecule has 164 valence electrons. The van der Waals surface area contributed by atoms with Gasteiger partial charge in [-0.15, -0.1) is 24.0 Å². The number of carbonyl (C=O) groups is 1. The topological polar surface area (TPSA) is 78.0 Å². The highest BCUT2D eigenvalue weighted by Gasteiger charge is 2.10. The quantitative estimate of drug-likeness (QED) is 0.266. The van der Waals surface area contributed by atoms with E-state index in [-0.39, 0.29) is 35.9 Å². The number of nitrogens with zero attached hydrogens (tertiary/aromatic N) is 2. The third-order valence-electron chi connectivity index (χ3n) is 4.77. The molecule has 0 bridgehead atoms. The first-order valence-corrected chi connectivity index (χ1v) is 10.3. The van der Waals surface area contributed by atoms with Gasteiger partial charge >= 0.3 is 0 Å². The Hall–Kier alpha value is -1.39. The molecule has 8 heteroatoms. The largest absolute Gasteiger partial charge is 0.379 e. The molecule has 1 fully saturated rings. The lowest BCUT2D eigenvalue weighted by Crippen LogP contribution is -2.44. The molecule has 1 aromatic carbocycles. The zero-order chi connectivity index (χ0) is 20.2. The van der Waals surface area contributed by atoms with Crippen molar-refractivity contribution in [2.75, 3.05) is 45.9 Å². The Morgan fingerprint density at radius 2 is 2.00 bits per heavy atom. The number of nitrogens with one attached hydrogen (secondary N) is 3. The first kappa shape index (κ1) is 25.6. The normalized spacial score (nSPS) is 15.9. The van der Waals surface area contributed by atoms with Crippen LogP contribution in [0.5, 0.6) is 0 Å². The van der Waals surface area contributed by atoms with Gasteiger partial charge in [0.05, 0.1) is 19.8 Å². The molecule has 2 rings (SSSR count). The van der Waals surface area contributed by atoms with Gasteiger partial charge in [-0.2, -0.15) is 0 Å². The number of amides is 1. The monoisotopic (exact) mass is 517 g/mol. The fourth-order valence-electron chi connectivity index (χ4n) is 2.89. The number of ether oxygens (including phenoxy) is 1. The Morgan fingerprint density at radius 1 is 1.24 bits per heavy atom. The molecule has 0 radical (unpaired) electrons. The van der Waals surface area contributed by atoms with Gasteiger partial charge in [0.2, 0.25) is 0 Å². The number of halogens is 1. The lowest BCUT2D eigenvalue weighted by atomic mass is 10.1. The molecule has 1 aliphatic heterocycles. The zero-order valence-electron chi connectivity index (χ0n) is 17.9. The Labute approximate surface area is 192 Å². The van der Waals surface area contributed by atoms with E-state index in [0.29, 0.717) is 12.1 Å². The second-order valence-corrected chi connectivity index (χ2v) is 7.06. The van der Waals surface area contributed by atoms with E-state index < -0.39 is 0 Å². The highest BCUT2D eigenvalue weighted by atomic mass is 127. The van der Waals surface area contributed by atoms with E-state index >= 15 is 0 Å². The molecule has 0 saturated carbocycles. The van der Waals surface area contributed by atoms with Crippen LogP contribution in [0.15, 0.2) is 29.3 Å². The number of carbonyl (C=O) groups excluding carboxylic acids is 1. The summed E-state index contributed by atoms with van der Waals surface area (Å²) in [7, 11) is 0. The van der Waals surface area contributed by atoms with Crippen LogP contribution >= 0.6 is 24.0 Å². The van der Waals surface area contributed by atoms with E-state index in [1.54, 1.807) is 0 Å². The first-order chi connectivity index (χ1) is 13.6. The number of morpholine rings is 1. The Balaban J connectivity index is 0.00000420. The van der Waals surface area contributed by atoms with Crippen molar-refractivity contribution in [3.63, 3.8) is 0 Å². The molecule has 7 nitrogen and oxygen atoms in total. The highest BCUT2D eigenvalue weighted by molar-refractivity contribution is 14.0. The summed E-state index contributed by atoms with van der Waals surface area (Å²) in [5.74, 6) is 0.765. The van der Waals surface area contributed by atoms with Crippen LogP contribution in [0.1, 0.15) is 43.1 Å². The fourth-order valence-corrected chi connectivity index (χ4v) is 2.89. The Kier molecular flexibility index (Phi) is 12.9. The number of benzene rings is 1. The van der Waals surface area contributed by atoms with Crippen LogP contribution in [-0.2, 0) is 11.3 Å². The van der Waals surface area contributed by atoms with Crippen LogP contribution in [0.25, 0.3) is 0 Å². The smallest absolute Gasteiger partial charge is 0.251 e.